The predicted molar refractivity (Wildman–Crippen MR) is 141 cm³/mol. The van der Waals surface area contributed by atoms with Gasteiger partial charge >= 0.3 is 0 Å². The fourth-order valence-corrected chi connectivity index (χ4v) is 4.77. The highest BCUT2D eigenvalue weighted by Gasteiger charge is 2.25. The summed E-state index contributed by atoms with van der Waals surface area (Å²) in [5.74, 6) is -0.385. The largest absolute Gasteiger partial charge is 0.354 e. The van der Waals surface area contributed by atoms with Crippen molar-refractivity contribution in [3.63, 3.8) is 0 Å². The maximum Gasteiger partial charge on any atom is 0.246 e. The number of piperazine rings is 1. The summed E-state index contributed by atoms with van der Waals surface area (Å²) in [5, 5.41) is 1.60. The van der Waals surface area contributed by atoms with Crippen LogP contribution in [-0.2, 0) is 16.0 Å². The molecule has 2 amide bonds. The average Bonchev–Trinajstić information content (AvgIpc) is 3.26. The molecule has 1 saturated heterocycles. The van der Waals surface area contributed by atoms with Crippen LogP contribution in [0.2, 0.25) is 5.02 Å². The first-order chi connectivity index (χ1) is 17.5. The van der Waals surface area contributed by atoms with Crippen LogP contribution in [0.3, 0.4) is 0 Å². The zero-order valence-electron chi connectivity index (χ0n) is 19.6. The Bertz CT molecular complexity index is 1440. The van der Waals surface area contributed by atoms with Gasteiger partial charge in [0, 0.05) is 48.2 Å². The number of carbonyl (C=O) groups excluding carboxylic acids is 2. The molecule has 0 radical (unpaired) electrons. The molecule has 0 spiro atoms. The zero-order valence-corrected chi connectivity index (χ0v) is 20.3. The number of rotatable bonds is 5. The van der Waals surface area contributed by atoms with E-state index in [0.29, 0.717) is 31.2 Å². The van der Waals surface area contributed by atoms with Crippen molar-refractivity contribution in [2.24, 2.45) is 0 Å². The Hall–Kier alpha value is -3.90. The molecule has 0 unspecified atom stereocenters. The molecule has 1 aliphatic rings. The standard InChI is InChI=1S/C29H25ClFN3O2/c30-22-5-3-4-20(18-22)8-13-27(35)33-14-16-34(17-15-33)28(36)19-25-24-6-1-2-7-26(24)32-29(25)21-9-11-23(31)12-10-21/h1-13,18,32H,14-17,19H2/b13-8+. The average molecular weight is 502 g/mol. The first kappa shape index (κ1) is 23.8. The molecule has 0 atom stereocenters. The molecule has 182 valence electrons. The van der Waals surface area contributed by atoms with E-state index in [1.165, 1.54) is 12.1 Å². The molecule has 0 saturated carbocycles. The van der Waals surface area contributed by atoms with Crippen molar-refractivity contribution in [1.29, 1.82) is 0 Å². The number of amides is 2. The highest BCUT2D eigenvalue weighted by atomic mass is 35.5. The van der Waals surface area contributed by atoms with Gasteiger partial charge in [-0.05, 0) is 65.2 Å². The Kier molecular flexibility index (Phi) is 6.87. The van der Waals surface area contributed by atoms with Gasteiger partial charge < -0.3 is 14.8 Å². The second kappa shape index (κ2) is 10.4. The number of carbonyl (C=O) groups is 2. The molecule has 1 aromatic heterocycles. The number of fused-ring (bicyclic) bond motifs is 1. The molecule has 4 aromatic rings. The molecule has 5 nitrogen and oxygen atoms in total. The van der Waals surface area contributed by atoms with Crippen molar-refractivity contribution >= 4 is 40.4 Å². The maximum absolute atomic E-state index is 13.5. The van der Waals surface area contributed by atoms with Gasteiger partial charge in [-0.1, -0.05) is 41.9 Å². The molecule has 3 aromatic carbocycles. The van der Waals surface area contributed by atoms with Gasteiger partial charge in [0.15, 0.2) is 0 Å². The monoisotopic (exact) mass is 501 g/mol. The van der Waals surface area contributed by atoms with Gasteiger partial charge in [-0.25, -0.2) is 4.39 Å². The minimum absolute atomic E-state index is 0.00434. The number of aromatic nitrogens is 1. The normalized spacial score (nSPS) is 14.1. The zero-order chi connectivity index (χ0) is 25.1. The third-order valence-electron chi connectivity index (χ3n) is 6.49. The van der Waals surface area contributed by atoms with Crippen molar-refractivity contribution in [3.8, 4) is 11.3 Å². The fraction of sp³-hybridized carbons (Fsp3) is 0.172. The summed E-state index contributed by atoms with van der Waals surface area (Å²) in [6, 6.07) is 21.4. The van der Waals surface area contributed by atoms with Crippen molar-refractivity contribution in [1.82, 2.24) is 14.8 Å². The SMILES string of the molecule is O=C(/C=C/c1cccc(Cl)c1)N1CCN(C(=O)Cc2c(-c3ccc(F)cc3)[nH]c3ccccc23)CC1. The minimum atomic E-state index is -0.303. The number of nitrogens with one attached hydrogen (secondary N) is 1. The minimum Gasteiger partial charge on any atom is -0.354 e. The highest BCUT2D eigenvalue weighted by molar-refractivity contribution is 6.30. The van der Waals surface area contributed by atoms with E-state index in [1.807, 2.05) is 36.4 Å². The fourth-order valence-electron chi connectivity index (χ4n) is 4.57. The molecule has 7 heteroatoms. The van der Waals surface area contributed by atoms with Gasteiger partial charge in [0.05, 0.1) is 12.1 Å². The van der Waals surface area contributed by atoms with Gasteiger partial charge in [0.2, 0.25) is 11.8 Å². The lowest BCUT2D eigenvalue weighted by Crippen LogP contribution is -2.50. The highest BCUT2D eigenvalue weighted by Crippen LogP contribution is 2.31. The first-order valence-electron chi connectivity index (χ1n) is 11.8. The van der Waals surface area contributed by atoms with Crippen LogP contribution >= 0.6 is 11.6 Å². The van der Waals surface area contributed by atoms with Gasteiger partial charge in [0.1, 0.15) is 5.82 Å². The van der Waals surface area contributed by atoms with Gasteiger partial charge in [-0.2, -0.15) is 0 Å². The van der Waals surface area contributed by atoms with Crippen LogP contribution in [0.4, 0.5) is 4.39 Å². The Morgan fingerprint density at radius 3 is 2.39 bits per heavy atom. The quantitative estimate of drug-likeness (QED) is 0.364. The van der Waals surface area contributed by atoms with E-state index < -0.39 is 0 Å². The number of halogens is 2. The summed E-state index contributed by atoms with van der Waals surface area (Å²) >= 11 is 6.00. The molecule has 0 aliphatic carbocycles. The molecule has 1 N–H and O–H groups in total. The first-order valence-corrected chi connectivity index (χ1v) is 12.2. The van der Waals surface area contributed by atoms with Crippen LogP contribution in [0.15, 0.2) is 78.9 Å². The van der Waals surface area contributed by atoms with E-state index in [4.69, 9.17) is 11.6 Å². The molecule has 0 bridgehead atoms. The Morgan fingerprint density at radius 1 is 0.917 bits per heavy atom. The van der Waals surface area contributed by atoms with Gasteiger partial charge in [0.25, 0.3) is 0 Å². The van der Waals surface area contributed by atoms with Crippen LogP contribution in [0.5, 0.6) is 0 Å². The molecule has 36 heavy (non-hydrogen) atoms. The third-order valence-corrected chi connectivity index (χ3v) is 6.72. The summed E-state index contributed by atoms with van der Waals surface area (Å²) in [5.41, 5.74) is 4.34. The topological polar surface area (TPSA) is 56.4 Å². The maximum atomic E-state index is 13.5. The van der Waals surface area contributed by atoms with Gasteiger partial charge in [-0.3, -0.25) is 9.59 Å². The summed E-state index contributed by atoms with van der Waals surface area (Å²) in [6.07, 6.45) is 3.52. The van der Waals surface area contributed by atoms with Crippen LogP contribution in [-0.4, -0.2) is 52.8 Å². The van der Waals surface area contributed by atoms with Crippen LogP contribution in [0.25, 0.3) is 28.2 Å². The van der Waals surface area contributed by atoms with Crippen LogP contribution in [0, 0.1) is 5.82 Å². The van der Waals surface area contributed by atoms with Crippen LogP contribution in [0.1, 0.15) is 11.1 Å². The lowest BCUT2D eigenvalue weighted by molar-refractivity contribution is -0.136. The molecular weight excluding hydrogens is 477 g/mol. The molecule has 2 heterocycles. The molecular formula is C29H25ClFN3O2. The number of para-hydroxylation sites is 1. The van der Waals surface area contributed by atoms with Crippen molar-refractivity contribution in [2.75, 3.05) is 26.2 Å². The lowest BCUT2D eigenvalue weighted by Gasteiger charge is -2.34. The molecule has 5 rings (SSSR count). The van der Waals surface area contributed by atoms with E-state index in [-0.39, 0.29) is 24.1 Å². The van der Waals surface area contributed by atoms with Gasteiger partial charge in [-0.15, -0.1) is 0 Å². The summed E-state index contributed by atoms with van der Waals surface area (Å²) in [7, 11) is 0. The second-order valence-electron chi connectivity index (χ2n) is 8.80. The second-order valence-corrected chi connectivity index (χ2v) is 9.24. The summed E-state index contributed by atoms with van der Waals surface area (Å²) in [6.45, 7) is 1.90. The lowest BCUT2D eigenvalue weighted by atomic mass is 10.0. The number of H-pyrrole nitrogens is 1. The van der Waals surface area contributed by atoms with E-state index in [0.717, 1.165) is 33.3 Å². The van der Waals surface area contributed by atoms with E-state index >= 15 is 0 Å². The van der Waals surface area contributed by atoms with E-state index in [9.17, 15) is 14.0 Å². The van der Waals surface area contributed by atoms with E-state index in [2.05, 4.69) is 4.98 Å². The van der Waals surface area contributed by atoms with E-state index in [1.54, 1.807) is 46.2 Å². The number of benzene rings is 3. The summed E-state index contributed by atoms with van der Waals surface area (Å²) < 4.78 is 13.5. The number of hydrogen-bond acceptors (Lipinski definition) is 2. The smallest absolute Gasteiger partial charge is 0.246 e. The third kappa shape index (κ3) is 5.19. The van der Waals surface area contributed by atoms with Crippen LogP contribution < -0.4 is 0 Å². The number of aromatic amines is 1. The summed E-state index contributed by atoms with van der Waals surface area (Å²) in [4.78, 5) is 32.9. The Balaban J connectivity index is 1.26. The number of hydrogen-bond donors (Lipinski definition) is 1. The predicted octanol–water partition coefficient (Wildman–Crippen LogP) is 5.55. The van der Waals surface area contributed by atoms with Crippen molar-refractivity contribution in [2.45, 2.75) is 6.42 Å². The van der Waals surface area contributed by atoms with Crippen molar-refractivity contribution < 1.29 is 14.0 Å². The molecule has 1 aliphatic heterocycles. The number of nitrogens with zero attached hydrogens (tertiary/aromatic N) is 2. The molecule has 1 fully saturated rings. The Labute approximate surface area is 213 Å². The Morgan fingerprint density at radius 2 is 1.64 bits per heavy atom. The van der Waals surface area contributed by atoms with Crippen molar-refractivity contribution in [3.05, 3.63) is 101 Å².